The number of hydrogen-bond donors (Lipinski definition) is 0. The third-order valence-corrected chi connectivity index (χ3v) is 6.25. The van der Waals surface area contributed by atoms with Gasteiger partial charge in [0.2, 0.25) is 0 Å². The normalized spacial score (nSPS) is 16.2. The van der Waals surface area contributed by atoms with E-state index in [9.17, 15) is 0 Å². The summed E-state index contributed by atoms with van der Waals surface area (Å²) >= 11 is 0. The van der Waals surface area contributed by atoms with Gasteiger partial charge in [-0.1, -0.05) is 76.6 Å². The number of hydrogen-bond acceptors (Lipinski definition) is 2. The Kier molecular flexibility index (Phi) is 8.51. The molecule has 0 aliphatic heterocycles. The first kappa shape index (κ1) is 21.0. The Morgan fingerprint density at radius 1 is 0.929 bits per heavy atom. The lowest BCUT2D eigenvalue weighted by molar-refractivity contribution is 0.512. The van der Waals surface area contributed by atoms with E-state index in [-0.39, 0.29) is 0 Å². The highest BCUT2D eigenvalue weighted by atomic mass is 14.9. The highest BCUT2D eigenvalue weighted by Crippen LogP contribution is 2.33. The zero-order chi connectivity index (χ0) is 19.6. The first-order valence-corrected chi connectivity index (χ1v) is 11.5. The molecule has 1 fully saturated rings. The van der Waals surface area contributed by atoms with Crippen LogP contribution in [0, 0.1) is 6.42 Å². The fourth-order valence-electron chi connectivity index (χ4n) is 4.33. The third-order valence-electron chi connectivity index (χ3n) is 6.25. The van der Waals surface area contributed by atoms with Crippen LogP contribution in [0.15, 0.2) is 36.5 Å². The van der Waals surface area contributed by atoms with Crippen molar-refractivity contribution in [1.82, 2.24) is 9.97 Å². The van der Waals surface area contributed by atoms with Crippen molar-refractivity contribution in [3.63, 3.8) is 0 Å². The monoisotopic (exact) mass is 377 g/mol. The summed E-state index contributed by atoms with van der Waals surface area (Å²) in [6.07, 6.45) is 18.8. The van der Waals surface area contributed by atoms with Crippen LogP contribution in [0.2, 0.25) is 0 Å². The fourth-order valence-corrected chi connectivity index (χ4v) is 4.33. The lowest BCUT2D eigenvalue weighted by Crippen LogP contribution is -2.05. The molecule has 0 saturated heterocycles. The average molecular weight is 378 g/mol. The molecule has 28 heavy (non-hydrogen) atoms. The molecule has 1 atom stereocenters. The molecule has 0 N–H and O–H groups in total. The molecule has 2 heteroatoms. The van der Waals surface area contributed by atoms with Gasteiger partial charge in [0.05, 0.1) is 0 Å². The number of unbranched alkanes of at least 4 members (excludes halogenated alkanes) is 5. The molecule has 151 valence electrons. The Bertz CT molecular complexity index is 686. The van der Waals surface area contributed by atoms with Crippen LogP contribution in [0.3, 0.4) is 0 Å². The summed E-state index contributed by atoms with van der Waals surface area (Å²) < 4.78 is 0. The number of nitrogens with zero attached hydrogens (tertiary/aromatic N) is 2. The number of benzene rings is 1. The van der Waals surface area contributed by atoms with Gasteiger partial charge in [-0.2, -0.15) is 0 Å². The largest absolute Gasteiger partial charge is 0.237 e. The summed E-state index contributed by atoms with van der Waals surface area (Å²) in [6.45, 7) is 4.58. The molecule has 1 saturated carbocycles. The predicted molar refractivity (Wildman–Crippen MR) is 119 cm³/mol. The van der Waals surface area contributed by atoms with Crippen LogP contribution in [0.1, 0.15) is 108 Å². The van der Waals surface area contributed by atoms with Crippen molar-refractivity contribution in [2.75, 3.05) is 0 Å². The van der Waals surface area contributed by atoms with Gasteiger partial charge in [-0.3, -0.25) is 0 Å². The van der Waals surface area contributed by atoms with E-state index in [0.717, 1.165) is 17.3 Å². The van der Waals surface area contributed by atoms with Crippen LogP contribution in [0.4, 0.5) is 0 Å². The van der Waals surface area contributed by atoms with Crippen LogP contribution >= 0.6 is 0 Å². The van der Waals surface area contributed by atoms with Gasteiger partial charge in [-0.05, 0) is 62.0 Å². The van der Waals surface area contributed by atoms with Crippen LogP contribution < -0.4 is 0 Å². The van der Waals surface area contributed by atoms with Gasteiger partial charge in [-0.15, -0.1) is 0 Å². The topological polar surface area (TPSA) is 25.8 Å². The molecule has 1 radical (unpaired) electrons. The number of rotatable bonds is 10. The van der Waals surface area contributed by atoms with Gasteiger partial charge in [0.15, 0.2) is 5.82 Å². The molecule has 2 aromatic rings. The second-order valence-electron chi connectivity index (χ2n) is 8.52. The molecule has 3 rings (SSSR count). The number of aromatic nitrogens is 2. The van der Waals surface area contributed by atoms with Crippen molar-refractivity contribution in [2.24, 2.45) is 0 Å². The average Bonchev–Trinajstić information content (AvgIpc) is 2.77. The molecule has 1 aromatic heterocycles. The summed E-state index contributed by atoms with van der Waals surface area (Å²) in [5.41, 5.74) is 3.80. The fraction of sp³-hybridized carbons (Fsp3) is 0.577. The maximum Gasteiger partial charge on any atom is 0.159 e. The molecule has 0 amide bonds. The van der Waals surface area contributed by atoms with Crippen molar-refractivity contribution in [3.05, 3.63) is 54.2 Å². The Labute approximate surface area is 172 Å². The van der Waals surface area contributed by atoms with Gasteiger partial charge >= 0.3 is 0 Å². The van der Waals surface area contributed by atoms with Crippen LogP contribution in [-0.2, 0) is 0 Å². The molecule has 1 unspecified atom stereocenters. The minimum Gasteiger partial charge on any atom is -0.237 e. The van der Waals surface area contributed by atoms with Crippen molar-refractivity contribution in [1.29, 1.82) is 0 Å². The Morgan fingerprint density at radius 3 is 2.39 bits per heavy atom. The van der Waals surface area contributed by atoms with Crippen molar-refractivity contribution >= 4 is 0 Å². The molecule has 1 aliphatic rings. The minimum absolute atomic E-state index is 0.505. The van der Waals surface area contributed by atoms with Gasteiger partial charge in [0, 0.05) is 17.5 Å². The van der Waals surface area contributed by atoms with Gasteiger partial charge in [-0.25, -0.2) is 9.97 Å². The highest BCUT2D eigenvalue weighted by molar-refractivity contribution is 5.55. The van der Waals surface area contributed by atoms with E-state index in [1.54, 1.807) is 0 Å². The summed E-state index contributed by atoms with van der Waals surface area (Å²) in [5.74, 6) is 2.10. The molecule has 2 nitrogen and oxygen atoms in total. The second-order valence-corrected chi connectivity index (χ2v) is 8.52. The summed E-state index contributed by atoms with van der Waals surface area (Å²) in [6, 6.07) is 11.1. The first-order valence-electron chi connectivity index (χ1n) is 11.5. The zero-order valence-corrected chi connectivity index (χ0v) is 17.9. The zero-order valence-electron chi connectivity index (χ0n) is 17.9. The van der Waals surface area contributed by atoms with Crippen molar-refractivity contribution in [3.8, 4) is 11.4 Å². The van der Waals surface area contributed by atoms with E-state index < -0.39 is 0 Å². The molecule has 0 spiro atoms. The Morgan fingerprint density at radius 2 is 1.64 bits per heavy atom. The van der Waals surface area contributed by atoms with Crippen LogP contribution in [0.25, 0.3) is 11.4 Å². The van der Waals surface area contributed by atoms with Crippen molar-refractivity contribution < 1.29 is 0 Å². The predicted octanol–water partition coefficient (Wildman–Crippen LogP) is 7.86. The molecular weight excluding hydrogens is 340 g/mol. The SMILES string of the molecule is CCCCCCCCC(C)c1ccnc(-c2ccc(C3CC[CH]CC3)cc2)n1. The smallest absolute Gasteiger partial charge is 0.159 e. The van der Waals surface area contributed by atoms with E-state index in [4.69, 9.17) is 4.98 Å². The molecule has 1 aliphatic carbocycles. The third kappa shape index (κ3) is 6.15. The van der Waals surface area contributed by atoms with Gasteiger partial charge < -0.3 is 0 Å². The van der Waals surface area contributed by atoms with Crippen molar-refractivity contribution in [2.45, 2.75) is 96.3 Å². The first-order chi connectivity index (χ1) is 13.8. The van der Waals surface area contributed by atoms with E-state index in [1.165, 1.54) is 81.9 Å². The highest BCUT2D eigenvalue weighted by Gasteiger charge is 2.16. The Balaban J connectivity index is 1.56. The summed E-state index contributed by atoms with van der Waals surface area (Å²) in [4.78, 5) is 9.45. The summed E-state index contributed by atoms with van der Waals surface area (Å²) in [5, 5.41) is 0. The lowest BCUT2D eigenvalue weighted by atomic mass is 9.84. The lowest BCUT2D eigenvalue weighted by Gasteiger charge is -2.21. The molecular formula is C26H37N2. The summed E-state index contributed by atoms with van der Waals surface area (Å²) in [7, 11) is 0. The molecule has 1 aromatic carbocycles. The van der Waals surface area contributed by atoms with Gasteiger partial charge in [0.25, 0.3) is 0 Å². The standard InChI is InChI=1S/C26H37N2/c1-3-4-5-6-7-9-12-21(2)25-19-20-27-26(28-25)24-17-15-23(16-18-24)22-13-10-8-11-14-22/h8,15-22H,3-7,9-14H2,1-2H3. The molecule has 1 heterocycles. The van der Waals surface area contributed by atoms with E-state index in [2.05, 4.69) is 55.6 Å². The van der Waals surface area contributed by atoms with E-state index >= 15 is 0 Å². The van der Waals surface area contributed by atoms with Gasteiger partial charge in [0.1, 0.15) is 0 Å². The second kappa shape index (κ2) is 11.3. The van der Waals surface area contributed by atoms with E-state index in [1.807, 2.05) is 6.20 Å². The maximum atomic E-state index is 4.90. The Hall–Kier alpha value is -1.70. The molecule has 0 bridgehead atoms. The maximum absolute atomic E-state index is 4.90. The quantitative estimate of drug-likeness (QED) is 0.394. The van der Waals surface area contributed by atoms with E-state index in [0.29, 0.717) is 5.92 Å². The minimum atomic E-state index is 0.505. The van der Waals surface area contributed by atoms with Crippen LogP contribution in [-0.4, -0.2) is 9.97 Å². The van der Waals surface area contributed by atoms with Crippen LogP contribution in [0.5, 0.6) is 0 Å².